The third-order valence-corrected chi connectivity index (χ3v) is 6.45. The monoisotopic (exact) mass is 446 g/mol. The summed E-state index contributed by atoms with van der Waals surface area (Å²) in [4.78, 5) is 42.6. The molecule has 8 nitrogen and oxygen atoms in total. The summed E-state index contributed by atoms with van der Waals surface area (Å²) in [6.07, 6.45) is 3.98. The molecule has 3 aliphatic rings. The van der Waals surface area contributed by atoms with Crippen LogP contribution in [-0.2, 0) is 14.3 Å². The van der Waals surface area contributed by atoms with Crippen LogP contribution < -0.4 is 11.1 Å². The number of nitrogens with zero attached hydrogens (tertiary/aromatic N) is 2. The summed E-state index contributed by atoms with van der Waals surface area (Å²) in [6, 6.07) is 4.29. The average Bonchev–Trinajstić information content (AvgIpc) is 3.34. The Hall–Kier alpha value is -2.52. The van der Waals surface area contributed by atoms with Crippen LogP contribution in [0.5, 0.6) is 0 Å². The molecule has 3 amide bonds. The van der Waals surface area contributed by atoms with Crippen LogP contribution in [0.15, 0.2) is 24.3 Å². The van der Waals surface area contributed by atoms with Crippen LogP contribution in [0.2, 0.25) is 0 Å². The molecule has 3 unspecified atom stereocenters. The van der Waals surface area contributed by atoms with Gasteiger partial charge in [0.1, 0.15) is 11.9 Å². The molecule has 0 spiro atoms. The Morgan fingerprint density at radius 1 is 1.19 bits per heavy atom. The minimum atomic E-state index is -0.719. The molecule has 1 aromatic rings. The predicted octanol–water partition coefficient (Wildman–Crippen LogP) is 0.901. The highest BCUT2D eigenvalue weighted by Crippen LogP contribution is 2.34. The molecule has 4 rings (SSSR count). The number of amides is 3. The fraction of sp³-hybridized carbons (Fsp3) is 0.609. The lowest BCUT2D eigenvalue weighted by Gasteiger charge is -2.31. The fourth-order valence-corrected chi connectivity index (χ4v) is 4.58. The number of nitrogens with two attached hydrogens (primary N) is 1. The number of ether oxygens (including phenoxy) is 1. The van der Waals surface area contributed by atoms with E-state index in [0.29, 0.717) is 38.2 Å². The van der Waals surface area contributed by atoms with Gasteiger partial charge in [-0.05, 0) is 56.4 Å². The van der Waals surface area contributed by atoms with Crippen molar-refractivity contribution < 1.29 is 23.5 Å². The van der Waals surface area contributed by atoms with Gasteiger partial charge in [0.15, 0.2) is 0 Å². The molecule has 2 heterocycles. The van der Waals surface area contributed by atoms with Gasteiger partial charge in [0.25, 0.3) is 5.91 Å². The molecule has 1 saturated carbocycles. The van der Waals surface area contributed by atoms with E-state index in [1.807, 2.05) is 4.90 Å². The maximum atomic E-state index is 13.3. The number of likely N-dealkylation sites (tertiary alicyclic amines) is 1. The van der Waals surface area contributed by atoms with Gasteiger partial charge in [-0.3, -0.25) is 14.4 Å². The van der Waals surface area contributed by atoms with Gasteiger partial charge in [0.2, 0.25) is 11.8 Å². The van der Waals surface area contributed by atoms with E-state index < -0.39 is 11.9 Å². The van der Waals surface area contributed by atoms with Crippen LogP contribution in [0.1, 0.15) is 42.5 Å². The molecule has 2 aliphatic heterocycles. The first kappa shape index (κ1) is 22.7. The van der Waals surface area contributed by atoms with Crippen molar-refractivity contribution in [3.05, 3.63) is 35.6 Å². The summed E-state index contributed by atoms with van der Waals surface area (Å²) >= 11 is 0. The Morgan fingerprint density at radius 2 is 1.94 bits per heavy atom. The molecule has 2 saturated heterocycles. The summed E-state index contributed by atoms with van der Waals surface area (Å²) in [6.45, 7) is 2.02. The first-order valence-corrected chi connectivity index (χ1v) is 11.4. The van der Waals surface area contributed by atoms with Gasteiger partial charge >= 0.3 is 0 Å². The second-order valence-corrected chi connectivity index (χ2v) is 8.85. The molecule has 0 radical (unpaired) electrons. The minimum Gasteiger partial charge on any atom is -0.376 e. The van der Waals surface area contributed by atoms with Gasteiger partial charge in [-0.1, -0.05) is 0 Å². The topological polar surface area (TPSA) is 105 Å². The van der Waals surface area contributed by atoms with E-state index in [1.54, 1.807) is 0 Å². The van der Waals surface area contributed by atoms with Crippen molar-refractivity contribution in [1.82, 2.24) is 15.1 Å². The van der Waals surface area contributed by atoms with Crippen LogP contribution >= 0.6 is 0 Å². The van der Waals surface area contributed by atoms with Crippen molar-refractivity contribution in [3.63, 3.8) is 0 Å². The van der Waals surface area contributed by atoms with Crippen molar-refractivity contribution in [1.29, 1.82) is 0 Å². The van der Waals surface area contributed by atoms with Gasteiger partial charge in [-0.15, -0.1) is 0 Å². The maximum absolute atomic E-state index is 13.3. The normalized spacial score (nSPS) is 25.1. The highest BCUT2D eigenvalue weighted by molar-refractivity contribution is 5.98. The lowest BCUT2D eigenvalue weighted by atomic mass is 10.1. The molecule has 3 atom stereocenters. The van der Waals surface area contributed by atoms with Crippen LogP contribution in [0.3, 0.4) is 0 Å². The highest BCUT2D eigenvalue weighted by atomic mass is 19.1. The summed E-state index contributed by atoms with van der Waals surface area (Å²) < 4.78 is 19.1. The van der Waals surface area contributed by atoms with Gasteiger partial charge in [0, 0.05) is 44.3 Å². The number of carbonyl (C=O) groups excluding carboxylic acids is 3. The lowest BCUT2D eigenvalue weighted by Crippen LogP contribution is -2.47. The summed E-state index contributed by atoms with van der Waals surface area (Å²) in [5.41, 5.74) is 5.83. The molecule has 3 N–H and O–H groups in total. The van der Waals surface area contributed by atoms with Crippen molar-refractivity contribution in [2.24, 2.45) is 11.7 Å². The largest absolute Gasteiger partial charge is 0.376 e. The Labute approximate surface area is 187 Å². The molecule has 32 heavy (non-hydrogen) atoms. The molecule has 1 aromatic carbocycles. The van der Waals surface area contributed by atoms with Gasteiger partial charge < -0.3 is 25.6 Å². The molecular formula is C23H31FN4O4. The fourth-order valence-electron chi connectivity index (χ4n) is 4.58. The zero-order chi connectivity index (χ0) is 22.7. The summed E-state index contributed by atoms with van der Waals surface area (Å²) in [5.74, 6) is -0.956. The zero-order valence-electron chi connectivity index (χ0n) is 18.2. The number of halogens is 1. The minimum absolute atomic E-state index is 0.0101. The van der Waals surface area contributed by atoms with Crippen molar-refractivity contribution in [2.45, 2.75) is 50.3 Å². The standard InChI is InChI=1S/C23H31FN4O4/c24-17-7-5-16(6-8-17)23(31)28-13-18(12-20(28)21(29)26-10-9-25)27(22(30)15-3-4-15)14-19-2-1-11-32-19/h5-8,15,18-20H,1-4,9-14,25H2,(H,26,29). The number of rotatable bonds is 8. The van der Waals surface area contributed by atoms with E-state index in [1.165, 1.54) is 29.2 Å². The molecular weight excluding hydrogens is 415 g/mol. The Balaban J connectivity index is 1.56. The lowest BCUT2D eigenvalue weighted by molar-refractivity contribution is -0.136. The van der Waals surface area contributed by atoms with Crippen LogP contribution in [0.25, 0.3) is 0 Å². The van der Waals surface area contributed by atoms with Gasteiger partial charge in [-0.2, -0.15) is 0 Å². The second-order valence-electron chi connectivity index (χ2n) is 8.85. The van der Waals surface area contributed by atoms with E-state index in [9.17, 15) is 18.8 Å². The molecule has 9 heteroatoms. The third-order valence-electron chi connectivity index (χ3n) is 6.45. The van der Waals surface area contributed by atoms with Crippen LogP contribution in [0, 0.1) is 11.7 Å². The number of benzene rings is 1. The van der Waals surface area contributed by atoms with Gasteiger partial charge in [0.05, 0.1) is 12.1 Å². The SMILES string of the molecule is NCCNC(=O)C1CC(N(CC2CCCO2)C(=O)C2CC2)CN1C(=O)c1ccc(F)cc1. The Morgan fingerprint density at radius 3 is 2.56 bits per heavy atom. The van der Waals surface area contributed by atoms with Gasteiger partial charge in [-0.25, -0.2) is 4.39 Å². The summed E-state index contributed by atoms with van der Waals surface area (Å²) in [7, 11) is 0. The molecule has 0 bridgehead atoms. The molecule has 3 fully saturated rings. The van der Waals surface area contributed by atoms with Crippen molar-refractivity contribution in [2.75, 3.05) is 32.8 Å². The molecule has 174 valence electrons. The maximum Gasteiger partial charge on any atom is 0.254 e. The molecule has 1 aliphatic carbocycles. The Kier molecular flexibility index (Phi) is 7.05. The number of hydrogen-bond acceptors (Lipinski definition) is 5. The molecule has 0 aromatic heterocycles. The van der Waals surface area contributed by atoms with Crippen molar-refractivity contribution in [3.8, 4) is 0 Å². The van der Waals surface area contributed by atoms with E-state index in [-0.39, 0.29) is 42.3 Å². The van der Waals surface area contributed by atoms with Crippen molar-refractivity contribution >= 4 is 17.7 Å². The first-order valence-electron chi connectivity index (χ1n) is 11.4. The third kappa shape index (κ3) is 5.10. The van der Waals surface area contributed by atoms with E-state index in [0.717, 1.165) is 25.7 Å². The number of carbonyl (C=O) groups is 3. The predicted molar refractivity (Wildman–Crippen MR) is 115 cm³/mol. The zero-order valence-corrected chi connectivity index (χ0v) is 18.2. The Bertz CT molecular complexity index is 839. The van der Waals surface area contributed by atoms with Crippen LogP contribution in [0.4, 0.5) is 4.39 Å². The second kappa shape index (κ2) is 9.95. The average molecular weight is 447 g/mol. The highest BCUT2D eigenvalue weighted by Gasteiger charge is 2.46. The summed E-state index contributed by atoms with van der Waals surface area (Å²) in [5, 5.41) is 2.77. The number of nitrogens with one attached hydrogen (secondary N) is 1. The first-order chi connectivity index (χ1) is 15.5. The number of hydrogen-bond donors (Lipinski definition) is 2. The smallest absolute Gasteiger partial charge is 0.254 e. The quantitative estimate of drug-likeness (QED) is 0.617. The van der Waals surface area contributed by atoms with Crippen LogP contribution in [-0.4, -0.2) is 78.5 Å². The van der Waals surface area contributed by atoms with E-state index in [4.69, 9.17) is 10.5 Å². The van der Waals surface area contributed by atoms with E-state index >= 15 is 0 Å². The van der Waals surface area contributed by atoms with E-state index in [2.05, 4.69) is 5.32 Å².